The van der Waals surface area contributed by atoms with Crippen LogP contribution < -0.4 is 5.73 Å². The highest BCUT2D eigenvalue weighted by atomic mass is 35.5. The molecule has 1 aromatic rings. The van der Waals surface area contributed by atoms with Crippen molar-refractivity contribution >= 4 is 23.2 Å². The number of methoxy groups -OCH3 is 1. The Hall–Kier alpha value is -0.280. The molecule has 2 unspecified atom stereocenters. The van der Waals surface area contributed by atoms with Crippen molar-refractivity contribution in [1.82, 2.24) is 0 Å². The summed E-state index contributed by atoms with van der Waals surface area (Å²) in [6.07, 6.45) is 0.903. The zero-order valence-corrected chi connectivity index (χ0v) is 11.1. The average Bonchev–Trinajstić information content (AvgIpc) is 2.28. The number of halogens is 2. The number of hydrogen-bond acceptors (Lipinski definition) is 2. The lowest BCUT2D eigenvalue weighted by molar-refractivity contribution is 0.174. The van der Waals surface area contributed by atoms with E-state index in [-0.39, 0.29) is 6.04 Å². The molecule has 0 spiro atoms. The van der Waals surface area contributed by atoms with Crippen molar-refractivity contribution in [2.24, 2.45) is 11.7 Å². The topological polar surface area (TPSA) is 35.2 Å². The second-order valence-corrected chi connectivity index (χ2v) is 4.71. The fourth-order valence-corrected chi connectivity index (χ4v) is 2.00. The van der Waals surface area contributed by atoms with Gasteiger partial charge in [-0.2, -0.15) is 0 Å². The summed E-state index contributed by atoms with van der Waals surface area (Å²) in [5, 5.41) is 1.11. The van der Waals surface area contributed by atoms with E-state index in [1.165, 1.54) is 0 Å². The van der Waals surface area contributed by atoms with Crippen molar-refractivity contribution < 1.29 is 4.74 Å². The number of nitrogens with two attached hydrogens (primary N) is 1. The van der Waals surface area contributed by atoms with Crippen LogP contribution in [-0.2, 0) is 4.74 Å². The fourth-order valence-electron chi connectivity index (χ4n) is 1.57. The van der Waals surface area contributed by atoms with Crippen LogP contribution in [0, 0.1) is 5.92 Å². The molecule has 4 heteroatoms. The molecule has 0 radical (unpaired) electrons. The van der Waals surface area contributed by atoms with Crippen molar-refractivity contribution in [3.05, 3.63) is 33.8 Å². The zero-order valence-electron chi connectivity index (χ0n) is 9.54. The lowest BCUT2D eigenvalue weighted by atomic mass is 9.93. The molecule has 0 aliphatic heterocycles. The van der Waals surface area contributed by atoms with Crippen LogP contribution in [0.3, 0.4) is 0 Å². The van der Waals surface area contributed by atoms with Crippen molar-refractivity contribution in [1.29, 1.82) is 0 Å². The average molecular weight is 262 g/mol. The first-order valence-corrected chi connectivity index (χ1v) is 6.02. The fraction of sp³-hybridized carbons (Fsp3) is 0.500. The first kappa shape index (κ1) is 13.8. The van der Waals surface area contributed by atoms with Gasteiger partial charge in [-0.3, -0.25) is 0 Å². The minimum Gasteiger partial charge on any atom is -0.385 e. The Morgan fingerprint density at radius 2 is 2.06 bits per heavy atom. The van der Waals surface area contributed by atoms with E-state index in [1.54, 1.807) is 13.2 Å². The Morgan fingerprint density at radius 1 is 1.38 bits per heavy atom. The highest BCUT2D eigenvalue weighted by molar-refractivity contribution is 6.42. The third-order valence-electron chi connectivity index (χ3n) is 2.73. The van der Waals surface area contributed by atoms with Crippen molar-refractivity contribution in [2.45, 2.75) is 19.4 Å². The summed E-state index contributed by atoms with van der Waals surface area (Å²) < 4.78 is 5.04. The molecule has 0 aliphatic carbocycles. The van der Waals surface area contributed by atoms with Crippen molar-refractivity contribution in [3.63, 3.8) is 0 Å². The zero-order chi connectivity index (χ0) is 12.1. The predicted octanol–water partition coefficient (Wildman–Crippen LogP) is 3.67. The summed E-state index contributed by atoms with van der Waals surface area (Å²) in [6.45, 7) is 2.79. The molecule has 2 nitrogen and oxygen atoms in total. The van der Waals surface area contributed by atoms with Gasteiger partial charge in [0.1, 0.15) is 0 Å². The molecule has 0 bridgehead atoms. The predicted molar refractivity (Wildman–Crippen MR) is 69.0 cm³/mol. The van der Waals surface area contributed by atoms with Crippen LogP contribution in [0.25, 0.3) is 0 Å². The van der Waals surface area contributed by atoms with Crippen LogP contribution in [0.1, 0.15) is 24.9 Å². The molecular weight excluding hydrogens is 245 g/mol. The molecule has 0 aliphatic rings. The summed E-state index contributed by atoms with van der Waals surface area (Å²) in [7, 11) is 1.69. The standard InChI is InChI=1S/C12H17Cl2NO/c1-8(6-7-16-2)12(15)9-4-3-5-10(13)11(9)14/h3-5,8,12H,6-7,15H2,1-2H3. The molecule has 1 aromatic carbocycles. The van der Waals surface area contributed by atoms with E-state index in [2.05, 4.69) is 6.92 Å². The minimum absolute atomic E-state index is 0.110. The second-order valence-electron chi connectivity index (χ2n) is 3.93. The Balaban J connectivity index is 2.79. The molecule has 0 amide bonds. The van der Waals surface area contributed by atoms with E-state index in [0.717, 1.165) is 12.0 Å². The van der Waals surface area contributed by atoms with E-state index in [4.69, 9.17) is 33.7 Å². The SMILES string of the molecule is COCCC(C)C(N)c1cccc(Cl)c1Cl. The van der Waals surface area contributed by atoms with Crippen molar-refractivity contribution in [3.8, 4) is 0 Å². The molecule has 0 aromatic heterocycles. The van der Waals surface area contributed by atoms with Gasteiger partial charge in [-0.15, -0.1) is 0 Å². The highest BCUT2D eigenvalue weighted by Gasteiger charge is 2.18. The Bertz CT molecular complexity index is 344. The normalized spacial score (nSPS) is 14.8. The maximum absolute atomic E-state index is 6.15. The van der Waals surface area contributed by atoms with Gasteiger partial charge in [-0.25, -0.2) is 0 Å². The third-order valence-corrected chi connectivity index (χ3v) is 3.56. The number of benzene rings is 1. The van der Waals surface area contributed by atoms with Crippen LogP contribution in [0.4, 0.5) is 0 Å². The van der Waals surface area contributed by atoms with Gasteiger partial charge < -0.3 is 10.5 Å². The summed E-state index contributed by atoms with van der Waals surface area (Å²) >= 11 is 12.1. The Kier molecular flexibility index (Phi) is 5.56. The van der Waals surface area contributed by atoms with Gasteiger partial charge in [0.25, 0.3) is 0 Å². The molecular formula is C12H17Cl2NO. The van der Waals surface area contributed by atoms with Crippen LogP contribution >= 0.6 is 23.2 Å². The van der Waals surface area contributed by atoms with Crippen molar-refractivity contribution in [2.75, 3.05) is 13.7 Å². The Labute approximate surface area is 107 Å². The van der Waals surface area contributed by atoms with Gasteiger partial charge in [0, 0.05) is 19.8 Å². The van der Waals surface area contributed by atoms with Gasteiger partial charge in [-0.1, -0.05) is 42.3 Å². The molecule has 0 heterocycles. The first-order valence-electron chi connectivity index (χ1n) is 5.26. The van der Waals surface area contributed by atoms with Gasteiger partial charge >= 0.3 is 0 Å². The summed E-state index contributed by atoms with van der Waals surface area (Å²) in [4.78, 5) is 0. The Morgan fingerprint density at radius 3 is 2.69 bits per heavy atom. The number of ether oxygens (including phenoxy) is 1. The molecule has 0 fully saturated rings. The lowest BCUT2D eigenvalue weighted by Gasteiger charge is -2.21. The molecule has 90 valence electrons. The largest absolute Gasteiger partial charge is 0.385 e. The summed E-state index contributed by atoms with van der Waals surface area (Å²) in [5.74, 6) is 0.302. The lowest BCUT2D eigenvalue weighted by Crippen LogP contribution is -2.20. The molecule has 1 rings (SSSR count). The number of hydrogen-bond donors (Lipinski definition) is 1. The van der Waals surface area contributed by atoms with Gasteiger partial charge in [0.2, 0.25) is 0 Å². The molecule has 0 saturated heterocycles. The molecule has 16 heavy (non-hydrogen) atoms. The molecule has 2 N–H and O–H groups in total. The maximum Gasteiger partial charge on any atom is 0.0640 e. The quantitative estimate of drug-likeness (QED) is 0.878. The second kappa shape index (κ2) is 6.45. The van der Waals surface area contributed by atoms with E-state index >= 15 is 0 Å². The first-order chi connectivity index (χ1) is 7.57. The third kappa shape index (κ3) is 3.36. The van der Waals surface area contributed by atoms with E-state index < -0.39 is 0 Å². The molecule has 0 saturated carbocycles. The monoisotopic (exact) mass is 261 g/mol. The van der Waals surface area contributed by atoms with Gasteiger partial charge in [-0.05, 0) is 24.0 Å². The number of rotatable bonds is 5. The van der Waals surface area contributed by atoms with E-state index in [9.17, 15) is 0 Å². The van der Waals surface area contributed by atoms with Gasteiger partial charge in [0.05, 0.1) is 10.0 Å². The van der Waals surface area contributed by atoms with Crippen LogP contribution in [0.5, 0.6) is 0 Å². The van der Waals surface area contributed by atoms with Crippen LogP contribution in [-0.4, -0.2) is 13.7 Å². The maximum atomic E-state index is 6.15. The van der Waals surface area contributed by atoms with E-state index in [1.807, 2.05) is 12.1 Å². The summed E-state index contributed by atoms with van der Waals surface area (Å²) in [6, 6.07) is 5.44. The highest BCUT2D eigenvalue weighted by Crippen LogP contribution is 2.32. The van der Waals surface area contributed by atoms with Gasteiger partial charge in [0.15, 0.2) is 0 Å². The molecule has 2 atom stereocenters. The smallest absolute Gasteiger partial charge is 0.0640 e. The summed E-state index contributed by atoms with van der Waals surface area (Å²) in [5.41, 5.74) is 7.05. The van der Waals surface area contributed by atoms with Crippen LogP contribution in [0.15, 0.2) is 18.2 Å². The minimum atomic E-state index is -0.110. The van der Waals surface area contributed by atoms with Crippen LogP contribution in [0.2, 0.25) is 10.0 Å². The van der Waals surface area contributed by atoms with E-state index in [0.29, 0.717) is 22.6 Å².